The molecule has 7 nitrogen and oxygen atoms in total. The van der Waals surface area contributed by atoms with E-state index in [9.17, 15) is 9.90 Å². The van der Waals surface area contributed by atoms with Crippen LogP contribution in [0.25, 0.3) is 0 Å². The molecule has 7 heteroatoms. The summed E-state index contributed by atoms with van der Waals surface area (Å²) >= 11 is 0. The molecule has 1 aromatic carbocycles. The first-order chi connectivity index (χ1) is 15.7. The van der Waals surface area contributed by atoms with Crippen LogP contribution in [-0.2, 0) is 0 Å². The van der Waals surface area contributed by atoms with E-state index in [0.29, 0.717) is 24.7 Å². The Morgan fingerprint density at radius 1 is 1.03 bits per heavy atom. The largest absolute Gasteiger partial charge is 0.490 e. The highest BCUT2D eigenvalue weighted by Crippen LogP contribution is 2.31. The van der Waals surface area contributed by atoms with Crippen LogP contribution in [0.4, 0.5) is 10.5 Å². The Hall–Kier alpha value is -1.83. The summed E-state index contributed by atoms with van der Waals surface area (Å²) < 4.78 is 6.11. The number of aliphatic hydroxyl groups excluding tert-OH is 1. The predicted octanol–water partition coefficient (Wildman–Crippen LogP) is 3.44. The summed E-state index contributed by atoms with van der Waals surface area (Å²) in [5.41, 5.74) is 0.769. The minimum absolute atomic E-state index is 0.183. The lowest BCUT2D eigenvalue weighted by Crippen LogP contribution is -2.50. The number of hydrogen-bond acceptors (Lipinski definition) is 5. The Labute approximate surface area is 192 Å². The van der Waals surface area contributed by atoms with E-state index in [1.165, 1.54) is 45.2 Å². The zero-order valence-electron chi connectivity index (χ0n) is 19.3. The SMILES string of the molecule is O=C(NCCN1CCCCC1CCO)Nc1ccc(OC2CC(N3CCCCC3)C2)cc1. The second kappa shape index (κ2) is 11.9. The lowest BCUT2D eigenvalue weighted by molar-refractivity contribution is 0.00893. The Morgan fingerprint density at radius 3 is 2.53 bits per heavy atom. The van der Waals surface area contributed by atoms with E-state index in [1.54, 1.807) is 0 Å². The Balaban J connectivity index is 1.13. The first-order valence-corrected chi connectivity index (χ1v) is 12.6. The molecule has 1 atom stereocenters. The molecule has 2 saturated heterocycles. The number of amides is 2. The molecule has 4 rings (SSSR count). The molecule has 2 amide bonds. The van der Waals surface area contributed by atoms with E-state index in [2.05, 4.69) is 20.4 Å². The minimum Gasteiger partial charge on any atom is -0.490 e. The van der Waals surface area contributed by atoms with Crippen LogP contribution >= 0.6 is 0 Å². The molecular formula is C25H40N4O3. The fraction of sp³-hybridized carbons (Fsp3) is 0.720. The molecule has 0 spiro atoms. The summed E-state index contributed by atoms with van der Waals surface area (Å²) in [5, 5.41) is 15.1. The van der Waals surface area contributed by atoms with Crippen LogP contribution in [0.3, 0.4) is 0 Å². The molecule has 2 aliphatic heterocycles. The van der Waals surface area contributed by atoms with Crippen LogP contribution < -0.4 is 15.4 Å². The van der Waals surface area contributed by atoms with Crippen molar-refractivity contribution in [3.05, 3.63) is 24.3 Å². The van der Waals surface area contributed by atoms with Gasteiger partial charge in [0.1, 0.15) is 11.9 Å². The molecule has 1 aromatic rings. The average molecular weight is 445 g/mol. The van der Waals surface area contributed by atoms with Gasteiger partial charge in [0.25, 0.3) is 0 Å². The van der Waals surface area contributed by atoms with Crippen LogP contribution in [0.15, 0.2) is 24.3 Å². The van der Waals surface area contributed by atoms with Gasteiger partial charge in [0, 0.05) is 50.3 Å². The molecule has 2 heterocycles. The van der Waals surface area contributed by atoms with Gasteiger partial charge in [-0.05, 0) is 76.0 Å². The minimum atomic E-state index is -0.183. The van der Waals surface area contributed by atoms with Crippen molar-refractivity contribution in [1.29, 1.82) is 0 Å². The van der Waals surface area contributed by atoms with Crippen molar-refractivity contribution in [2.75, 3.05) is 44.6 Å². The molecule has 32 heavy (non-hydrogen) atoms. The summed E-state index contributed by atoms with van der Waals surface area (Å²) in [4.78, 5) is 17.3. The highest BCUT2D eigenvalue weighted by atomic mass is 16.5. The van der Waals surface area contributed by atoms with Gasteiger partial charge in [-0.25, -0.2) is 4.79 Å². The maximum absolute atomic E-state index is 12.2. The van der Waals surface area contributed by atoms with E-state index in [1.807, 2.05) is 24.3 Å². The van der Waals surface area contributed by atoms with Gasteiger partial charge in [-0.3, -0.25) is 4.90 Å². The van der Waals surface area contributed by atoms with Crippen molar-refractivity contribution >= 4 is 11.7 Å². The Bertz CT molecular complexity index is 700. The fourth-order valence-electron chi connectivity index (χ4n) is 5.34. The van der Waals surface area contributed by atoms with Gasteiger partial charge < -0.3 is 25.4 Å². The van der Waals surface area contributed by atoms with Gasteiger partial charge in [-0.15, -0.1) is 0 Å². The molecule has 0 bridgehead atoms. The van der Waals surface area contributed by atoms with Crippen LogP contribution in [0.2, 0.25) is 0 Å². The molecule has 3 aliphatic rings. The Kier molecular flexibility index (Phi) is 8.65. The topological polar surface area (TPSA) is 77.1 Å². The van der Waals surface area contributed by atoms with Crippen LogP contribution in [-0.4, -0.2) is 78.5 Å². The van der Waals surface area contributed by atoms with Crippen molar-refractivity contribution in [1.82, 2.24) is 15.1 Å². The quantitative estimate of drug-likeness (QED) is 0.544. The fourth-order valence-corrected chi connectivity index (χ4v) is 5.34. The number of aliphatic hydroxyl groups is 1. The van der Waals surface area contributed by atoms with Gasteiger partial charge in [0.2, 0.25) is 0 Å². The van der Waals surface area contributed by atoms with E-state index < -0.39 is 0 Å². The number of piperidine rings is 2. The highest BCUT2D eigenvalue weighted by Gasteiger charge is 2.35. The molecule has 1 aliphatic carbocycles. The smallest absolute Gasteiger partial charge is 0.319 e. The van der Waals surface area contributed by atoms with Crippen LogP contribution in [0, 0.1) is 0 Å². The molecule has 3 fully saturated rings. The summed E-state index contributed by atoms with van der Waals surface area (Å²) in [6.45, 7) is 5.21. The van der Waals surface area contributed by atoms with E-state index >= 15 is 0 Å². The van der Waals surface area contributed by atoms with Gasteiger partial charge >= 0.3 is 6.03 Å². The second-order valence-corrected chi connectivity index (χ2v) is 9.56. The third kappa shape index (κ3) is 6.59. The first kappa shape index (κ1) is 23.3. The molecule has 0 aromatic heterocycles. The number of hydrogen-bond donors (Lipinski definition) is 3. The maximum Gasteiger partial charge on any atom is 0.319 e. The van der Waals surface area contributed by atoms with Crippen molar-refractivity contribution in [2.24, 2.45) is 0 Å². The zero-order valence-corrected chi connectivity index (χ0v) is 19.3. The number of nitrogens with zero attached hydrogens (tertiary/aromatic N) is 2. The molecule has 178 valence electrons. The number of urea groups is 1. The summed E-state index contributed by atoms with van der Waals surface area (Å²) in [5.74, 6) is 0.873. The second-order valence-electron chi connectivity index (χ2n) is 9.56. The molecule has 0 radical (unpaired) electrons. The van der Waals surface area contributed by atoms with Crippen molar-refractivity contribution in [2.45, 2.75) is 76.0 Å². The number of rotatable bonds is 9. The van der Waals surface area contributed by atoms with Crippen LogP contribution in [0.1, 0.15) is 57.8 Å². The summed E-state index contributed by atoms with van der Waals surface area (Å²) in [6.07, 6.45) is 11.0. The number of likely N-dealkylation sites (tertiary alicyclic amines) is 2. The number of carbonyl (C=O) groups is 1. The third-order valence-electron chi connectivity index (χ3n) is 7.29. The van der Waals surface area contributed by atoms with Crippen LogP contribution in [0.5, 0.6) is 5.75 Å². The van der Waals surface area contributed by atoms with Gasteiger partial charge in [0.05, 0.1) is 0 Å². The maximum atomic E-state index is 12.2. The van der Waals surface area contributed by atoms with E-state index in [-0.39, 0.29) is 12.6 Å². The monoisotopic (exact) mass is 444 g/mol. The van der Waals surface area contributed by atoms with Crippen molar-refractivity contribution in [3.8, 4) is 5.75 Å². The normalized spacial score (nSPS) is 26.8. The van der Waals surface area contributed by atoms with Gasteiger partial charge in [0.15, 0.2) is 0 Å². The number of anilines is 1. The van der Waals surface area contributed by atoms with Gasteiger partial charge in [-0.1, -0.05) is 12.8 Å². The molecule has 1 saturated carbocycles. The number of carbonyl (C=O) groups excluding carboxylic acids is 1. The third-order valence-corrected chi connectivity index (χ3v) is 7.29. The van der Waals surface area contributed by atoms with Crippen molar-refractivity contribution < 1.29 is 14.6 Å². The number of benzene rings is 1. The average Bonchev–Trinajstić information content (AvgIpc) is 2.79. The first-order valence-electron chi connectivity index (χ1n) is 12.6. The molecular weight excluding hydrogens is 404 g/mol. The lowest BCUT2D eigenvalue weighted by Gasteiger charge is -2.44. The number of nitrogens with one attached hydrogen (secondary N) is 2. The summed E-state index contributed by atoms with van der Waals surface area (Å²) in [6, 6.07) is 8.65. The zero-order chi connectivity index (χ0) is 22.2. The summed E-state index contributed by atoms with van der Waals surface area (Å²) in [7, 11) is 0. The van der Waals surface area contributed by atoms with E-state index in [4.69, 9.17) is 4.74 Å². The highest BCUT2D eigenvalue weighted by molar-refractivity contribution is 5.89. The Morgan fingerprint density at radius 2 is 1.78 bits per heavy atom. The number of ether oxygens (including phenoxy) is 1. The predicted molar refractivity (Wildman–Crippen MR) is 127 cm³/mol. The van der Waals surface area contributed by atoms with Gasteiger partial charge in [-0.2, -0.15) is 0 Å². The van der Waals surface area contributed by atoms with Crippen molar-refractivity contribution in [3.63, 3.8) is 0 Å². The standard InChI is InChI=1S/C25H40N4O3/c30-17-11-21-6-2-5-15-29(21)16-12-26-25(31)27-20-7-9-23(10-8-20)32-24-18-22(19-24)28-13-3-1-4-14-28/h7-10,21-22,24,30H,1-6,11-19H2,(H2,26,27,31). The molecule has 1 unspecified atom stereocenters. The lowest BCUT2D eigenvalue weighted by atomic mass is 9.86. The van der Waals surface area contributed by atoms with E-state index in [0.717, 1.165) is 50.2 Å². The molecule has 3 N–H and O–H groups in total.